The third-order valence-electron chi connectivity index (χ3n) is 0.651. The van der Waals surface area contributed by atoms with Gasteiger partial charge in [0.1, 0.15) is 7.05 Å². The summed E-state index contributed by atoms with van der Waals surface area (Å²) in [5, 5.41) is 10.2. The van der Waals surface area contributed by atoms with Crippen molar-refractivity contribution in [3.8, 4) is 0 Å². The summed E-state index contributed by atoms with van der Waals surface area (Å²) in [5.41, 5.74) is 0. The van der Waals surface area contributed by atoms with Gasteiger partial charge in [0.05, 0.1) is 5.10 Å². The van der Waals surface area contributed by atoms with Crippen molar-refractivity contribution in [1.82, 2.24) is 15.4 Å². The highest BCUT2D eigenvalue weighted by Crippen LogP contribution is 1.67. The first kappa shape index (κ1) is 4.23. The second-order valence-electron chi connectivity index (χ2n) is 1.38. The van der Waals surface area contributed by atoms with E-state index >= 15 is 0 Å². The van der Waals surface area contributed by atoms with Crippen molar-refractivity contribution in [2.75, 3.05) is 0 Å². The summed E-state index contributed by atoms with van der Waals surface area (Å²) in [5.74, 6) is 0.766. The molecule has 0 bridgehead atoms. The Bertz CT molecular complexity index is 144. The fourth-order valence-corrected chi connectivity index (χ4v) is 0.407. The molecule has 7 heavy (non-hydrogen) atoms. The van der Waals surface area contributed by atoms with Gasteiger partial charge in [0.2, 0.25) is 0 Å². The molecule has 0 spiro atoms. The second-order valence-corrected chi connectivity index (χ2v) is 1.38. The van der Waals surface area contributed by atoms with E-state index in [-0.39, 0.29) is 1.43 Å². The van der Waals surface area contributed by atoms with Crippen LogP contribution >= 0.6 is 0 Å². The highest BCUT2D eigenvalue weighted by atomic mass is 15.6. The van der Waals surface area contributed by atoms with Crippen molar-refractivity contribution in [2.24, 2.45) is 7.05 Å². The number of H-pyrrole nitrogens is 1. The maximum Gasteiger partial charge on any atom is 0.305 e. The van der Waals surface area contributed by atoms with E-state index in [9.17, 15) is 0 Å². The van der Waals surface area contributed by atoms with Gasteiger partial charge in [0, 0.05) is 8.35 Å². The Morgan fingerprint density at radius 1 is 1.86 bits per heavy atom. The Hall–Kier alpha value is -0.930. The zero-order valence-electron chi connectivity index (χ0n) is 4.34. The quantitative estimate of drug-likeness (QED) is 0.434. The third-order valence-corrected chi connectivity index (χ3v) is 0.651. The first-order chi connectivity index (χ1) is 3.29. The first-order valence-corrected chi connectivity index (χ1v) is 2.04. The number of aromatic nitrogens is 4. The molecule has 0 unspecified atom stereocenters. The molecule has 1 aromatic rings. The molecule has 0 amide bonds. The van der Waals surface area contributed by atoms with E-state index in [0.29, 0.717) is 0 Å². The second kappa shape index (κ2) is 1.29. The highest BCUT2D eigenvalue weighted by Gasteiger charge is 1.96. The molecule has 4 heteroatoms. The fourth-order valence-electron chi connectivity index (χ4n) is 0.407. The lowest BCUT2D eigenvalue weighted by Crippen LogP contribution is -2.33. The van der Waals surface area contributed by atoms with Gasteiger partial charge in [-0.3, -0.25) is 0 Å². The Labute approximate surface area is 42.6 Å². The van der Waals surface area contributed by atoms with Gasteiger partial charge in [0.25, 0.3) is 0 Å². The number of nitrogens with zero attached hydrogens (tertiary/aromatic N) is 3. The standard InChI is InChI=1S/C3H6N4.H2/c1-3-4-6-7(2)5-3;/h1-2H3;1H/p+1. The van der Waals surface area contributed by atoms with Gasteiger partial charge in [-0.15, -0.1) is 0 Å². The van der Waals surface area contributed by atoms with E-state index < -0.39 is 0 Å². The van der Waals surface area contributed by atoms with Crippen LogP contribution in [0.1, 0.15) is 7.25 Å². The van der Waals surface area contributed by atoms with Crippen LogP contribution in [0.3, 0.4) is 0 Å². The van der Waals surface area contributed by atoms with Gasteiger partial charge in [0.15, 0.2) is 0 Å². The molecule has 40 valence electrons. The molecular weight excluding hydrogens is 92.1 g/mol. The van der Waals surface area contributed by atoms with E-state index in [2.05, 4.69) is 15.4 Å². The van der Waals surface area contributed by atoms with Crippen LogP contribution in [0, 0.1) is 6.92 Å². The van der Waals surface area contributed by atoms with Gasteiger partial charge in [-0.2, -0.15) is 0 Å². The third kappa shape index (κ3) is 0.734. The lowest BCUT2D eigenvalue weighted by atomic mass is 10.8. The van der Waals surface area contributed by atoms with Crippen molar-refractivity contribution in [1.29, 1.82) is 0 Å². The predicted octanol–water partition coefficient (Wildman–Crippen LogP) is -0.816. The van der Waals surface area contributed by atoms with Crippen molar-refractivity contribution >= 4 is 0 Å². The smallest absolute Gasteiger partial charge is 0.0652 e. The number of hydrogen-bond acceptors (Lipinski definition) is 2. The molecule has 0 radical (unpaired) electrons. The summed E-state index contributed by atoms with van der Waals surface area (Å²) in [6, 6.07) is 0. The summed E-state index contributed by atoms with van der Waals surface area (Å²) in [6.07, 6.45) is 0. The lowest BCUT2D eigenvalue weighted by molar-refractivity contribution is -0.784. The van der Waals surface area contributed by atoms with Crippen molar-refractivity contribution < 1.29 is 6.22 Å². The molecule has 0 fully saturated rings. The molecule has 0 aliphatic rings. The zero-order valence-corrected chi connectivity index (χ0v) is 4.34. The van der Waals surface area contributed by atoms with Gasteiger partial charge in [-0.1, -0.05) is 4.80 Å². The molecule has 0 saturated heterocycles. The Balaban J connectivity index is 0.000000490. The Kier molecular flexibility index (Phi) is 0.780. The van der Waals surface area contributed by atoms with Gasteiger partial charge in [-0.05, 0) is 10.3 Å². The maximum atomic E-state index is 3.86. The molecule has 0 saturated carbocycles. The molecule has 4 nitrogen and oxygen atoms in total. The molecule has 1 heterocycles. The first-order valence-electron chi connectivity index (χ1n) is 2.04. The summed E-state index contributed by atoms with van der Waals surface area (Å²) in [4.78, 5) is 1.55. The molecule has 0 aromatic carbocycles. The maximum absolute atomic E-state index is 3.86. The van der Waals surface area contributed by atoms with Gasteiger partial charge < -0.3 is 0 Å². The summed E-state index contributed by atoms with van der Waals surface area (Å²) in [6.45, 7) is 1.83. The molecule has 1 aromatic heterocycles. The zero-order chi connectivity index (χ0) is 5.28. The molecule has 0 aliphatic carbocycles. The van der Waals surface area contributed by atoms with Crippen LogP contribution in [0.2, 0.25) is 0 Å². The van der Waals surface area contributed by atoms with E-state index in [1.807, 2.05) is 6.92 Å². The topological polar surface area (TPSA) is 45.5 Å². The number of aryl methyl sites for hydroxylation is 2. The van der Waals surface area contributed by atoms with Crippen molar-refractivity contribution in [3.05, 3.63) is 5.82 Å². The predicted molar refractivity (Wildman–Crippen MR) is 24.4 cm³/mol. The largest absolute Gasteiger partial charge is 0.305 e. The average molecular weight is 101 g/mol. The summed E-state index contributed by atoms with van der Waals surface area (Å²) in [7, 11) is 1.79. The molecule has 0 atom stereocenters. The molecule has 1 N–H and O–H groups in total. The molecule has 0 aliphatic heterocycles. The van der Waals surface area contributed by atoms with Gasteiger partial charge >= 0.3 is 5.82 Å². The van der Waals surface area contributed by atoms with E-state index in [0.717, 1.165) is 5.82 Å². The number of aromatic amines is 1. The van der Waals surface area contributed by atoms with Crippen LogP contribution in [-0.2, 0) is 7.05 Å². The number of hydrogen-bond donors (Lipinski definition) is 1. The highest BCUT2D eigenvalue weighted by molar-refractivity contribution is 4.61. The van der Waals surface area contributed by atoms with Crippen LogP contribution in [0.5, 0.6) is 0 Å². The Morgan fingerprint density at radius 2 is 2.57 bits per heavy atom. The van der Waals surface area contributed by atoms with Crippen LogP contribution in [-0.4, -0.2) is 15.4 Å². The summed E-state index contributed by atoms with van der Waals surface area (Å²) >= 11 is 0. The number of tetrazole rings is 1. The normalized spacial score (nSPS) is 9.43. The fraction of sp³-hybridized carbons (Fsp3) is 0.667. The minimum atomic E-state index is 0. The van der Waals surface area contributed by atoms with Crippen LogP contribution in [0.4, 0.5) is 0 Å². The Morgan fingerprint density at radius 3 is 2.71 bits per heavy atom. The molecule has 1 rings (SSSR count). The number of nitrogens with one attached hydrogen (secondary N) is 1. The number of rotatable bonds is 0. The SMILES string of the molecule is Cc1n[nH][n+](C)n1.[HH]. The van der Waals surface area contributed by atoms with Gasteiger partial charge in [-0.25, -0.2) is 0 Å². The monoisotopic (exact) mass is 101 g/mol. The van der Waals surface area contributed by atoms with E-state index in [1.54, 1.807) is 11.8 Å². The molecular formula is C3H9N4+. The summed E-state index contributed by atoms with van der Waals surface area (Å²) < 4.78 is 0. The lowest BCUT2D eigenvalue weighted by Gasteiger charge is -1.64. The van der Waals surface area contributed by atoms with Crippen LogP contribution in [0.25, 0.3) is 0 Å². The van der Waals surface area contributed by atoms with Crippen LogP contribution in [0.15, 0.2) is 0 Å². The van der Waals surface area contributed by atoms with E-state index in [4.69, 9.17) is 0 Å². The minimum absolute atomic E-state index is 0. The average Bonchev–Trinajstić information content (AvgIpc) is 1.87. The van der Waals surface area contributed by atoms with Crippen molar-refractivity contribution in [2.45, 2.75) is 6.92 Å². The minimum Gasteiger partial charge on any atom is -0.0652 e. The van der Waals surface area contributed by atoms with Crippen LogP contribution < -0.4 is 4.80 Å². The van der Waals surface area contributed by atoms with Crippen molar-refractivity contribution in [3.63, 3.8) is 0 Å². The van der Waals surface area contributed by atoms with E-state index in [1.165, 1.54) is 0 Å².